The second-order valence-electron chi connectivity index (χ2n) is 5.24. The molecule has 0 radical (unpaired) electrons. The van der Waals surface area contributed by atoms with Crippen LogP contribution in [-0.2, 0) is 10.2 Å². The number of hydrogen-bond donors (Lipinski definition) is 0. The van der Waals surface area contributed by atoms with Crippen molar-refractivity contribution >= 4 is 5.52 Å². The molecule has 0 atom stereocenters. The monoisotopic (exact) mass is 229 g/mol. The molecule has 2 aromatic rings. The number of ether oxygens (including phenoxy) is 1. The quantitative estimate of drug-likeness (QED) is 0.750. The minimum Gasteiger partial charge on any atom is -0.377 e. The number of aromatic nitrogens is 3. The van der Waals surface area contributed by atoms with Gasteiger partial charge in [-0.3, -0.25) is 4.98 Å². The lowest BCUT2D eigenvalue weighted by atomic mass is 9.70. The third-order valence-corrected chi connectivity index (χ3v) is 4.29. The van der Waals surface area contributed by atoms with E-state index in [0.717, 1.165) is 17.9 Å². The van der Waals surface area contributed by atoms with E-state index in [9.17, 15) is 0 Å². The van der Waals surface area contributed by atoms with E-state index in [1.54, 1.807) is 0 Å². The molecule has 2 saturated heterocycles. The van der Waals surface area contributed by atoms with Crippen LogP contribution >= 0.6 is 0 Å². The molecule has 88 valence electrons. The fourth-order valence-electron chi connectivity index (χ4n) is 3.26. The molecular weight excluding hydrogens is 214 g/mol. The van der Waals surface area contributed by atoms with Gasteiger partial charge in [0, 0.05) is 12.4 Å². The molecule has 4 heteroatoms. The first-order valence-electron chi connectivity index (χ1n) is 6.27. The van der Waals surface area contributed by atoms with Gasteiger partial charge in [-0.2, -0.15) is 0 Å². The minimum absolute atomic E-state index is 0.141. The molecule has 1 saturated carbocycles. The molecule has 3 aliphatic rings. The topological polar surface area (TPSA) is 39.4 Å². The summed E-state index contributed by atoms with van der Waals surface area (Å²) < 4.78 is 8.05. The maximum absolute atomic E-state index is 5.88. The average molecular weight is 229 g/mol. The average Bonchev–Trinajstić information content (AvgIpc) is 2.85. The van der Waals surface area contributed by atoms with Crippen LogP contribution in [0.4, 0.5) is 0 Å². The predicted molar refractivity (Wildman–Crippen MR) is 62.9 cm³/mol. The van der Waals surface area contributed by atoms with Crippen LogP contribution in [0.1, 0.15) is 31.5 Å². The van der Waals surface area contributed by atoms with Crippen LogP contribution in [0.5, 0.6) is 0 Å². The summed E-state index contributed by atoms with van der Waals surface area (Å²) in [6, 6.07) is 0. The molecule has 4 heterocycles. The van der Waals surface area contributed by atoms with Gasteiger partial charge in [0.1, 0.15) is 5.82 Å². The summed E-state index contributed by atoms with van der Waals surface area (Å²) in [5.74, 6) is 1.16. The van der Waals surface area contributed by atoms with E-state index in [1.807, 2.05) is 24.8 Å². The van der Waals surface area contributed by atoms with Crippen molar-refractivity contribution in [3.63, 3.8) is 0 Å². The van der Waals surface area contributed by atoms with Crippen molar-refractivity contribution in [1.29, 1.82) is 0 Å². The summed E-state index contributed by atoms with van der Waals surface area (Å²) in [6.07, 6.45) is 12.9. The SMILES string of the molecule is c1cn2c(C34CCC(CC3)OC4)ncc2cn1. The highest BCUT2D eigenvalue weighted by Crippen LogP contribution is 2.44. The number of imidazole rings is 1. The molecule has 1 aliphatic carbocycles. The maximum Gasteiger partial charge on any atom is 0.121 e. The molecule has 0 amide bonds. The van der Waals surface area contributed by atoms with Crippen LogP contribution in [0, 0.1) is 0 Å². The van der Waals surface area contributed by atoms with Crippen LogP contribution < -0.4 is 0 Å². The van der Waals surface area contributed by atoms with Gasteiger partial charge in [-0.1, -0.05) is 0 Å². The zero-order valence-electron chi connectivity index (χ0n) is 9.67. The maximum atomic E-state index is 5.88. The Labute approximate surface area is 99.6 Å². The molecule has 5 rings (SSSR count). The fourth-order valence-corrected chi connectivity index (χ4v) is 3.26. The largest absolute Gasteiger partial charge is 0.377 e. The lowest BCUT2D eigenvalue weighted by molar-refractivity contribution is -0.0821. The molecule has 0 spiro atoms. The molecule has 2 aliphatic heterocycles. The van der Waals surface area contributed by atoms with E-state index in [0.29, 0.717) is 6.10 Å². The highest BCUT2D eigenvalue weighted by atomic mass is 16.5. The highest BCUT2D eigenvalue weighted by molar-refractivity contribution is 5.44. The van der Waals surface area contributed by atoms with Gasteiger partial charge in [0.05, 0.1) is 36.0 Å². The van der Waals surface area contributed by atoms with Gasteiger partial charge in [-0.15, -0.1) is 0 Å². The molecule has 0 unspecified atom stereocenters. The van der Waals surface area contributed by atoms with E-state index < -0.39 is 0 Å². The summed E-state index contributed by atoms with van der Waals surface area (Å²) in [5, 5.41) is 0. The van der Waals surface area contributed by atoms with Crippen molar-refractivity contribution in [1.82, 2.24) is 14.4 Å². The van der Waals surface area contributed by atoms with E-state index in [2.05, 4.69) is 14.4 Å². The Morgan fingerprint density at radius 2 is 2.18 bits per heavy atom. The Bertz CT molecular complexity index is 541. The van der Waals surface area contributed by atoms with E-state index in [1.165, 1.54) is 25.7 Å². The first kappa shape index (κ1) is 9.59. The smallest absolute Gasteiger partial charge is 0.121 e. The molecule has 0 N–H and O–H groups in total. The van der Waals surface area contributed by atoms with E-state index in [4.69, 9.17) is 4.74 Å². The highest BCUT2D eigenvalue weighted by Gasteiger charge is 2.45. The molecule has 4 nitrogen and oxygen atoms in total. The third kappa shape index (κ3) is 1.27. The van der Waals surface area contributed by atoms with Crippen molar-refractivity contribution in [3.05, 3.63) is 30.6 Å². The summed E-state index contributed by atoms with van der Waals surface area (Å²) >= 11 is 0. The minimum atomic E-state index is 0.141. The number of rotatable bonds is 1. The normalized spacial score (nSPS) is 32.1. The van der Waals surface area contributed by atoms with Crippen molar-refractivity contribution in [2.75, 3.05) is 6.61 Å². The van der Waals surface area contributed by atoms with Crippen molar-refractivity contribution in [2.45, 2.75) is 37.2 Å². The van der Waals surface area contributed by atoms with Gasteiger partial charge in [-0.25, -0.2) is 4.98 Å². The lowest BCUT2D eigenvalue weighted by Gasteiger charge is -2.45. The molecule has 3 fully saturated rings. The van der Waals surface area contributed by atoms with Crippen molar-refractivity contribution < 1.29 is 4.74 Å². The summed E-state index contributed by atoms with van der Waals surface area (Å²) in [7, 11) is 0. The summed E-state index contributed by atoms with van der Waals surface area (Å²) in [6.45, 7) is 0.832. The standard InChI is InChI=1S/C13H15N3O/c1-3-13(4-2-11(1)17-9-13)12-15-8-10-7-14-5-6-16(10)12/h5-8,11H,1-4,9H2. The number of hydrogen-bond acceptors (Lipinski definition) is 3. The number of nitrogens with zero attached hydrogens (tertiary/aromatic N) is 3. The van der Waals surface area contributed by atoms with E-state index >= 15 is 0 Å². The zero-order valence-corrected chi connectivity index (χ0v) is 9.67. The lowest BCUT2D eigenvalue weighted by Crippen LogP contribution is -2.46. The molecule has 0 aromatic carbocycles. The van der Waals surface area contributed by atoms with Crippen molar-refractivity contribution in [2.24, 2.45) is 0 Å². The Balaban J connectivity index is 1.88. The molecular formula is C13H15N3O. The first-order valence-corrected chi connectivity index (χ1v) is 6.27. The van der Waals surface area contributed by atoms with Crippen LogP contribution in [0.2, 0.25) is 0 Å². The van der Waals surface area contributed by atoms with Gasteiger partial charge in [-0.05, 0) is 25.7 Å². The van der Waals surface area contributed by atoms with Gasteiger partial charge in [0.25, 0.3) is 0 Å². The zero-order chi connectivity index (χ0) is 11.3. The van der Waals surface area contributed by atoms with Crippen molar-refractivity contribution in [3.8, 4) is 0 Å². The van der Waals surface area contributed by atoms with Crippen LogP contribution in [0.3, 0.4) is 0 Å². The van der Waals surface area contributed by atoms with Crippen LogP contribution in [-0.4, -0.2) is 27.1 Å². The van der Waals surface area contributed by atoms with Crippen LogP contribution in [0.25, 0.3) is 5.52 Å². The van der Waals surface area contributed by atoms with E-state index in [-0.39, 0.29) is 5.41 Å². The predicted octanol–water partition coefficient (Wildman–Crippen LogP) is 1.94. The Hall–Kier alpha value is -1.42. The van der Waals surface area contributed by atoms with Gasteiger partial charge in [0.15, 0.2) is 0 Å². The van der Waals surface area contributed by atoms with Gasteiger partial charge < -0.3 is 9.14 Å². The van der Waals surface area contributed by atoms with Gasteiger partial charge in [0.2, 0.25) is 0 Å². The molecule has 17 heavy (non-hydrogen) atoms. The Kier molecular flexibility index (Phi) is 1.86. The summed E-state index contributed by atoms with van der Waals surface area (Å²) in [4.78, 5) is 8.77. The second-order valence-corrected chi connectivity index (χ2v) is 5.24. The second kappa shape index (κ2) is 3.29. The molecule has 2 bridgehead atoms. The summed E-state index contributed by atoms with van der Waals surface area (Å²) in [5.41, 5.74) is 1.22. The first-order chi connectivity index (χ1) is 8.37. The van der Waals surface area contributed by atoms with Gasteiger partial charge >= 0.3 is 0 Å². The third-order valence-electron chi connectivity index (χ3n) is 4.29. The fraction of sp³-hybridized carbons (Fsp3) is 0.538. The Morgan fingerprint density at radius 1 is 1.29 bits per heavy atom. The Morgan fingerprint density at radius 3 is 2.94 bits per heavy atom. The molecule has 2 aromatic heterocycles. The number of fused-ring (bicyclic) bond motifs is 4. The van der Waals surface area contributed by atoms with Crippen LogP contribution in [0.15, 0.2) is 24.8 Å².